The largest absolute Gasteiger partial charge is 0.508 e. The molecule has 1 aliphatic heterocycles. The Morgan fingerprint density at radius 1 is 1.62 bits per heavy atom. The Balaban J connectivity index is 2.29. The Morgan fingerprint density at radius 3 is 2.77 bits per heavy atom. The number of hydrogen-bond donors (Lipinski definition) is 0. The van der Waals surface area contributed by atoms with Crippen molar-refractivity contribution in [1.29, 1.82) is 0 Å². The van der Waals surface area contributed by atoms with Crippen LogP contribution in [0, 0.1) is 5.41 Å². The molecule has 1 fully saturated rings. The highest BCUT2D eigenvalue weighted by atomic mass is 16.7. The van der Waals surface area contributed by atoms with Crippen LogP contribution in [-0.2, 0) is 14.2 Å². The van der Waals surface area contributed by atoms with Gasteiger partial charge in [0.05, 0.1) is 18.6 Å². The predicted octanol–water partition coefficient (Wildman–Crippen LogP) is 1.36. The Hall–Kier alpha value is -1.03. The van der Waals surface area contributed by atoms with E-state index in [0.29, 0.717) is 26.4 Å². The highest BCUT2D eigenvalue weighted by molar-refractivity contribution is 5.60. The lowest BCUT2D eigenvalue weighted by Crippen LogP contribution is -2.40. The molecule has 0 aliphatic carbocycles. The fourth-order valence-electron chi connectivity index (χ4n) is 1.02. The second-order valence-electron chi connectivity index (χ2n) is 3.44. The quantitative estimate of drug-likeness (QED) is 0.378. The molecular weight excluding hydrogens is 172 g/mol. The molecule has 0 spiro atoms. The van der Waals surface area contributed by atoms with Gasteiger partial charge in [-0.2, -0.15) is 0 Å². The molecule has 0 aromatic carbocycles. The first-order valence-electron chi connectivity index (χ1n) is 4.14. The van der Waals surface area contributed by atoms with E-state index in [1.807, 2.05) is 6.92 Å². The zero-order chi connectivity index (χ0) is 9.73. The molecule has 0 saturated carbocycles. The van der Waals surface area contributed by atoms with E-state index in [4.69, 9.17) is 14.2 Å². The first kappa shape index (κ1) is 10.1. The fraction of sp³-hybridized carbons (Fsp3) is 0.667. The molecule has 1 heterocycles. The van der Waals surface area contributed by atoms with Crippen LogP contribution in [0.2, 0.25) is 0 Å². The minimum atomic E-state index is -0.596. The monoisotopic (exact) mass is 186 g/mol. The molecule has 0 aromatic rings. The molecule has 0 radical (unpaired) electrons. The van der Waals surface area contributed by atoms with Crippen LogP contribution in [-0.4, -0.2) is 32.6 Å². The molecule has 1 rings (SSSR count). The van der Waals surface area contributed by atoms with Crippen molar-refractivity contribution in [2.45, 2.75) is 6.92 Å². The van der Waals surface area contributed by atoms with Crippen LogP contribution in [0.4, 0.5) is 4.79 Å². The molecule has 0 N–H and O–H groups in total. The van der Waals surface area contributed by atoms with Crippen molar-refractivity contribution >= 4 is 6.16 Å². The molecule has 0 atom stereocenters. The summed E-state index contributed by atoms with van der Waals surface area (Å²) in [5.41, 5.74) is -0.225. The van der Waals surface area contributed by atoms with E-state index in [1.165, 1.54) is 0 Å². The Labute approximate surface area is 77.5 Å². The van der Waals surface area contributed by atoms with Gasteiger partial charge < -0.3 is 14.2 Å². The van der Waals surface area contributed by atoms with Crippen LogP contribution in [0.15, 0.2) is 12.7 Å². The van der Waals surface area contributed by atoms with Crippen molar-refractivity contribution in [2.24, 2.45) is 5.41 Å². The van der Waals surface area contributed by atoms with E-state index in [9.17, 15) is 4.79 Å². The van der Waals surface area contributed by atoms with E-state index in [2.05, 4.69) is 6.58 Å². The van der Waals surface area contributed by atoms with Crippen LogP contribution >= 0.6 is 0 Å². The van der Waals surface area contributed by atoms with Crippen molar-refractivity contribution in [3.63, 3.8) is 0 Å². The molecule has 1 saturated heterocycles. The maximum absolute atomic E-state index is 10.6. The van der Waals surface area contributed by atoms with Gasteiger partial charge in [0.15, 0.2) is 0 Å². The summed E-state index contributed by atoms with van der Waals surface area (Å²) in [4.78, 5) is 10.6. The number of carbonyl (C=O) groups is 1. The molecule has 0 amide bonds. The molecular formula is C9H14O4. The first-order chi connectivity index (χ1) is 6.16. The second-order valence-corrected chi connectivity index (χ2v) is 3.44. The van der Waals surface area contributed by atoms with Crippen molar-refractivity contribution in [2.75, 3.05) is 26.4 Å². The molecule has 0 unspecified atom stereocenters. The summed E-state index contributed by atoms with van der Waals surface area (Å²) in [7, 11) is 0. The summed E-state index contributed by atoms with van der Waals surface area (Å²) in [5.74, 6) is 0. The van der Waals surface area contributed by atoms with Gasteiger partial charge >= 0.3 is 6.16 Å². The van der Waals surface area contributed by atoms with E-state index >= 15 is 0 Å². The van der Waals surface area contributed by atoms with Crippen LogP contribution in [0.5, 0.6) is 0 Å². The van der Waals surface area contributed by atoms with Crippen LogP contribution < -0.4 is 0 Å². The lowest BCUT2D eigenvalue weighted by atomic mass is 9.94. The van der Waals surface area contributed by atoms with Gasteiger partial charge in [-0.15, -0.1) is 6.58 Å². The number of ether oxygens (including phenoxy) is 3. The summed E-state index contributed by atoms with van der Waals surface area (Å²) in [6, 6.07) is 0. The smallest absolute Gasteiger partial charge is 0.433 e. The maximum atomic E-state index is 10.6. The molecule has 0 bridgehead atoms. The van der Waals surface area contributed by atoms with Crippen LogP contribution in [0.25, 0.3) is 0 Å². The lowest BCUT2D eigenvalue weighted by Gasteiger charge is -2.31. The maximum Gasteiger partial charge on any atom is 0.508 e. The fourth-order valence-corrected chi connectivity index (χ4v) is 1.02. The standard InChI is InChI=1S/C9H14O4/c1-3-4-11-5-9(2)6-12-8(10)13-7-9/h3H,1,4-7H2,2H3. The van der Waals surface area contributed by atoms with Crippen LogP contribution in [0.1, 0.15) is 6.92 Å². The van der Waals surface area contributed by atoms with Gasteiger partial charge in [-0.3, -0.25) is 0 Å². The minimum Gasteiger partial charge on any atom is -0.433 e. The Kier molecular flexibility index (Phi) is 3.31. The third kappa shape index (κ3) is 3.06. The summed E-state index contributed by atoms with van der Waals surface area (Å²) >= 11 is 0. The van der Waals surface area contributed by atoms with Gasteiger partial charge in [-0.05, 0) is 0 Å². The van der Waals surface area contributed by atoms with E-state index in [0.717, 1.165) is 0 Å². The Morgan fingerprint density at radius 2 is 2.23 bits per heavy atom. The second kappa shape index (κ2) is 4.28. The average molecular weight is 186 g/mol. The highest BCUT2D eigenvalue weighted by Gasteiger charge is 2.33. The van der Waals surface area contributed by atoms with Crippen molar-refractivity contribution in [3.05, 3.63) is 12.7 Å². The van der Waals surface area contributed by atoms with Gasteiger partial charge in [-0.1, -0.05) is 13.0 Å². The molecule has 13 heavy (non-hydrogen) atoms. The number of rotatable bonds is 4. The van der Waals surface area contributed by atoms with E-state index in [1.54, 1.807) is 6.08 Å². The average Bonchev–Trinajstić information content (AvgIpc) is 2.12. The summed E-state index contributed by atoms with van der Waals surface area (Å²) in [5, 5.41) is 0. The minimum absolute atomic E-state index is 0.225. The van der Waals surface area contributed by atoms with Crippen molar-refractivity contribution < 1.29 is 19.0 Å². The topological polar surface area (TPSA) is 44.8 Å². The highest BCUT2D eigenvalue weighted by Crippen LogP contribution is 2.22. The molecule has 1 aliphatic rings. The number of carbonyl (C=O) groups excluding carboxylic acids is 1. The molecule has 74 valence electrons. The van der Waals surface area contributed by atoms with Crippen molar-refractivity contribution in [1.82, 2.24) is 0 Å². The summed E-state index contributed by atoms with van der Waals surface area (Å²) in [6.45, 7) is 7.19. The Bertz CT molecular complexity index is 190. The molecule has 0 aromatic heterocycles. The summed E-state index contributed by atoms with van der Waals surface area (Å²) < 4.78 is 14.8. The van der Waals surface area contributed by atoms with Gasteiger partial charge in [0, 0.05) is 0 Å². The first-order valence-corrected chi connectivity index (χ1v) is 4.14. The predicted molar refractivity (Wildman–Crippen MR) is 46.4 cm³/mol. The van der Waals surface area contributed by atoms with E-state index in [-0.39, 0.29) is 5.41 Å². The third-order valence-electron chi connectivity index (χ3n) is 1.76. The van der Waals surface area contributed by atoms with Gasteiger partial charge in [0.1, 0.15) is 13.2 Å². The number of hydrogen-bond acceptors (Lipinski definition) is 4. The zero-order valence-electron chi connectivity index (χ0n) is 7.75. The number of cyclic esters (lactones) is 2. The molecule has 4 heteroatoms. The van der Waals surface area contributed by atoms with E-state index < -0.39 is 6.16 Å². The zero-order valence-corrected chi connectivity index (χ0v) is 7.75. The van der Waals surface area contributed by atoms with Gasteiger partial charge in [0.2, 0.25) is 0 Å². The van der Waals surface area contributed by atoms with Crippen molar-refractivity contribution in [3.8, 4) is 0 Å². The third-order valence-corrected chi connectivity index (χ3v) is 1.76. The SMILES string of the molecule is C=CCOCC1(C)COC(=O)OC1. The normalized spacial score (nSPS) is 20.2. The lowest BCUT2D eigenvalue weighted by molar-refractivity contribution is -0.0820. The summed E-state index contributed by atoms with van der Waals surface area (Å²) in [6.07, 6.45) is 1.08. The van der Waals surface area contributed by atoms with Gasteiger partial charge in [0.25, 0.3) is 0 Å². The van der Waals surface area contributed by atoms with Gasteiger partial charge in [-0.25, -0.2) is 4.79 Å². The molecule has 4 nitrogen and oxygen atoms in total. The van der Waals surface area contributed by atoms with Crippen LogP contribution in [0.3, 0.4) is 0 Å².